The Labute approximate surface area is 170 Å². The molecule has 2 N–H and O–H groups in total. The molecule has 2 aromatic carbocycles. The van der Waals surface area contributed by atoms with Gasteiger partial charge in [-0.3, -0.25) is 9.59 Å². The van der Waals surface area contributed by atoms with Gasteiger partial charge in [0.25, 0.3) is 5.91 Å². The highest BCUT2D eigenvalue weighted by Gasteiger charge is 2.42. The van der Waals surface area contributed by atoms with Crippen LogP contribution in [0.5, 0.6) is 0 Å². The molecule has 2 saturated heterocycles. The number of rotatable bonds is 5. The number of nitrogens with two attached hydrogens (primary N) is 1. The third kappa shape index (κ3) is 3.97. The van der Waals surface area contributed by atoms with Crippen LogP contribution in [0.4, 0.5) is 10.1 Å². The van der Waals surface area contributed by atoms with E-state index in [0.29, 0.717) is 48.9 Å². The molecule has 0 bridgehead atoms. The molecule has 0 saturated carbocycles. The summed E-state index contributed by atoms with van der Waals surface area (Å²) >= 11 is 0. The van der Waals surface area contributed by atoms with Gasteiger partial charge in [-0.2, -0.15) is 0 Å². The summed E-state index contributed by atoms with van der Waals surface area (Å²) in [6.45, 7) is 4.87. The van der Waals surface area contributed by atoms with Crippen molar-refractivity contribution in [1.29, 1.82) is 0 Å². The van der Waals surface area contributed by atoms with Gasteiger partial charge in [0, 0.05) is 55.7 Å². The number of amides is 2. The minimum atomic E-state index is -0.336. The molecule has 0 aliphatic carbocycles. The summed E-state index contributed by atoms with van der Waals surface area (Å²) in [5.41, 5.74) is 8.40. The first kappa shape index (κ1) is 19.4. The van der Waals surface area contributed by atoms with Crippen molar-refractivity contribution in [2.24, 2.45) is 17.6 Å². The molecule has 5 nitrogen and oxygen atoms in total. The summed E-state index contributed by atoms with van der Waals surface area (Å²) in [4.78, 5) is 28.1. The number of hydrogen-bond acceptors (Lipinski definition) is 3. The zero-order valence-electron chi connectivity index (χ0n) is 16.6. The van der Waals surface area contributed by atoms with E-state index in [4.69, 9.17) is 5.73 Å². The molecule has 0 aromatic heterocycles. The maximum Gasteiger partial charge on any atom is 0.254 e. The van der Waals surface area contributed by atoms with Gasteiger partial charge >= 0.3 is 0 Å². The molecule has 2 fully saturated rings. The SMILES string of the molecule is Cc1c(F)cccc1C(=O)N1CC2CN(c3cccc(CCC(N)=O)c3)CC2C1. The number of fused-ring (bicyclic) bond motifs is 1. The number of likely N-dealkylation sites (tertiary alicyclic amines) is 1. The molecule has 2 aromatic rings. The molecular formula is C23H26FN3O2. The van der Waals surface area contributed by atoms with Crippen molar-refractivity contribution in [3.05, 3.63) is 65.0 Å². The number of carbonyl (C=O) groups excluding carboxylic acids is 2. The summed E-state index contributed by atoms with van der Waals surface area (Å²) in [6, 6.07) is 12.9. The monoisotopic (exact) mass is 395 g/mol. The number of anilines is 1. The van der Waals surface area contributed by atoms with Crippen molar-refractivity contribution in [3.8, 4) is 0 Å². The number of carbonyl (C=O) groups is 2. The van der Waals surface area contributed by atoms with Crippen LogP contribution in [0.3, 0.4) is 0 Å². The molecule has 2 atom stereocenters. The second kappa shape index (κ2) is 7.85. The first-order chi connectivity index (χ1) is 13.9. The van der Waals surface area contributed by atoms with E-state index in [-0.39, 0.29) is 17.6 Å². The molecule has 2 aliphatic rings. The van der Waals surface area contributed by atoms with Gasteiger partial charge in [-0.05, 0) is 48.7 Å². The van der Waals surface area contributed by atoms with Gasteiger partial charge in [-0.25, -0.2) is 4.39 Å². The third-order valence-corrected chi connectivity index (χ3v) is 6.21. The van der Waals surface area contributed by atoms with Crippen LogP contribution < -0.4 is 10.6 Å². The molecule has 2 aliphatic heterocycles. The Bertz CT molecular complexity index is 931. The van der Waals surface area contributed by atoms with Crippen LogP contribution in [0.2, 0.25) is 0 Å². The van der Waals surface area contributed by atoms with Crippen LogP contribution in [0.1, 0.15) is 27.9 Å². The lowest BCUT2D eigenvalue weighted by Gasteiger charge is -2.24. The number of benzene rings is 2. The summed E-state index contributed by atoms with van der Waals surface area (Å²) in [6.07, 6.45) is 1.00. The fourth-order valence-corrected chi connectivity index (χ4v) is 4.56. The van der Waals surface area contributed by atoms with Crippen molar-refractivity contribution in [2.45, 2.75) is 19.8 Å². The van der Waals surface area contributed by atoms with Crippen LogP contribution >= 0.6 is 0 Å². The van der Waals surface area contributed by atoms with E-state index in [0.717, 1.165) is 24.3 Å². The topological polar surface area (TPSA) is 66.6 Å². The van der Waals surface area contributed by atoms with E-state index < -0.39 is 0 Å². The largest absolute Gasteiger partial charge is 0.371 e. The second-order valence-corrected chi connectivity index (χ2v) is 8.18. The smallest absolute Gasteiger partial charge is 0.254 e. The highest BCUT2D eigenvalue weighted by Crippen LogP contribution is 2.35. The van der Waals surface area contributed by atoms with Gasteiger partial charge < -0.3 is 15.5 Å². The van der Waals surface area contributed by atoms with E-state index in [9.17, 15) is 14.0 Å². The quantitative estimate of drug-likeness (QED) is 0.847. The standard InChI is InChI=1S/C23H26FN3O2/c1-15-20(6-3-7-21(15)24)23(29)27-13-17-11-26(12-18(17)14-27)19-5-2-4-16(10-19)8-9-22(25)28/h2-7,10,17-18H,8-9,11-14H2,1H3,(H2,25,28). The summed E-state index contributed by atoms with van der Waals surface area (Å²) in [5, 5.41) is 0. The Morgan fingerprint density at radius 3 is 2.45 bits per heavy atom. The number of primary amides is 1. The lowest BCUT2D eigenvalue weighted by molar-refractivity contribution is -0.117. The summed E-state index contributed by atoms with van der Waals surface area (Å²) < 4.78 is 13.8. The van der Waals surface area contributed by atoms with Gasteiger partial charge in [-0.15, -0.1) is 0 Å². The second-order valence-electron chi connectivity index (χ2n) is 8.18. The lowest BCUT2D eigenvalue weighted by Crippen LogP contribution is -2.33. The first-order valence-corrected chi connectivity index (χ1v) is 10.1. The van der Waals surface area contributed by atoms with E-state index in [2.05, 4.69) is 17.0 Å². The predicted molar refractivity (Wildman–Crippen MR) is 110 cm³/mol. The average molecular weight is 395 g/mol. The predicted octanol–water partition coefficient (Wildman–Crippen LogP) is 2.76. The van der Waals surface area contributed by atoms with E-state index in [1.165, 1.54) is 6.07 Å². The van der Waals surface area contributed by atoms with Crippen molar-refractivity contribution >= 4 is 17.5 Å². The molecule has 6 heteroatoms. The van der Waals surface area contributed by atoms with E-state index in [1.54, 1.807) is 19.1 Å². The van der Waals surface area contributed by atoms with Crippen molar-refractivity contribution < 1.29 is 14.0 Å². The molecule has 2 amide bonds. The number of nitrogens with zero attached hydrogens (tertiary/aromatic N) is 2. The van der Waals surface area contributed by atoms with Crippen LogP contribution in [0, 0.1) is 24.6 Å². The van der Waals surface area contributed by atoms with E-state index >= 15 is 0 Å². The van der Waals surface area contributed by atoms with Gasteiger partial charge in [0.15, 0.2) is 0 Å². The van der Waals surface area contributed by atoms with Crippen LogP contribution in [0.25, 0.3) is 0 Å². The Morgan fingerprint density at radius 2 is 1.76 bits per heavy atom. The minimum absolute atomic E-state index is 0.0728. The average Bonchev–Trinajstić information content (AvgIpc) is 3.27. The van der Waals surface area contributed by atoms with Gasteiger partial charge in [0.1, 0.15) is 5.82 Å². The zero-order valence-corrected chi connectivity index (χ0v) is 16.6. The van der Waals surface area contributed by atoms with Gasteiger partial charge in [-0.1, -0.05) is 18.2 Å². The molecule has 0 radical (unpaired) electrons. The maximum atomic E-state index is 13.8. The molecule has 152 valence electrons. The van der Waals surface area contributed by atoms with Gasteiger partial charge in [0.2, 0.25) is 5.91 Å². The third-order valence-electron chi connectivity index (χ3n) is 6.21. The Hall–Kier alpha value is -2.89. The zero-order chi connectivity index (χ0) is 20.5. The number of aryl methyl sites for hydroxylation is 1. The normalized spacial score (nSPS) is 20.8. The Kier molecular flexibility index (Phi) is 5.26. The van der Waals surface area contributed by atoms with Crippen LogP contribution in [-0.2, 0) is 11.2 Å². The highest BCUT2D eigenvalue weighted by molar-refractivity contribution is 5.96. The minimum Gasteiger partial charge on any atom is -0.371 e. The van der Waals surface area contributed by atoms with Crippen molar-refractivity contribution in [1.82, 2.24) is 4.90 Å². The molecule has 29 heavy (non-hydrogen) atoms. The molecule has 0 spiro atoms. The Morgan fingerprint density at radius 1 is 1.07 bits per heavy atom. The maximum absolute atomic E-state index is 13.8. The number of hydrogen-bond donors (Lipinski definition) is 1. The fraction of sp³-hybridized carbons (Fsp3) is 0.391. The molecule has 4 rings (SSSR count). The fourth-order valence-electron chi connectivity index (χ4n) is 4.56. The summed E-state index contributed by atoms with van der Waals surface area (Å²) in [7, 11) is 0. The van der Waals surface area contributed by atoms with Crippen molar-refractivity contribution in [2.75, 3.05) is 31.1 Å². The van der Waals surface area contributed by atoms with Crippen LogP contribution in [-0.4, -0.2) is 42.9 Å². The lowest BCUT2D eigenvalue weighted by atomic mass is 10.0. The van der Waals surface area contributed by atoms with Crippen LogP contribution in [0.15, 0.2) is 42.5 Å². The molecule has 2 heterocycles. The number of halogens is 1. The summed E-state index contributed by atoms with van der Waals surface area (Å²) in [5.74, 6) is 0.141. The molecular weight excluding hydrogens is 369 g/mol. The van der Waals surface area contributed by atoms with Gasteiger partial charge in [0.05, 0.1) is 0 Å². The Balaban J connectivity index is 1.40. The van der Waals surface area contributed by atoms with E-state index in [1.807, 2.05) is 17.0 Å². The molecule has 2 unspecified atom stereocenters. The van der Waals surface area contributed by atoms with Crippen molar-refractivity contribution in [3.63, 3.8) is 0 Å². The highest BCUT2D eigenvalue weighted by atomic mass is 19.1. The first-order valence-electron chi connectivity index (χ1n) is 10.1.